The summed E-state index contributed by atoms with van der Waals surface area (Å²) < 4.78 is 37.7. The zero-order valence-electron chi connectivity index (χ0n) is 12.2. The molecular weight excluding hydrogens is 292 g/mol. The predicted molar refractivity (Wildman–Crippen MR) is 80.8 cm³/mol. The van der Waals surface area contributed by atoms with Crippen LogP contribution in [-0.2, 0) is 14.8 Å². The number of hydrogen-bond donors (Lipinski definition) is 2. The molecule has 2 rings (SSSR count). The third-order valence-corrected chi connectivity index (χ3v) is 5.03. The highest BCUT2D eigenvalue weighted by Crippen LogP contribution is 2.25. The molecule has 0 amide bonds. The largest absolute Gasteiger partial charge is 0.495 e. The fraction of sp³-hybridized carbons (Fsp3) is 0.571. The van der Waals surface area contributed by atoms with Crippen molar-refractivity contribution in [1.29, 1.82) is 0 Å². The van der Waals surface area contributed by atoms with Gasteiger partial charge in [0, 0.05) is 18.3 Å². The van der Waals surface area contributed by atoms with Gasteiger partial charge < -0.3 is 15.2 Å². The molecule has 7 heteroatoms. The van der Waals surface area contributed by atoms with Crippen LogP contribution < -0.4 is 15.2 Å². The molecule has 0 spiro atoms. The SMILES string of the molecule is COc1cc(N)ccc1S(=O)(=O)NCCOC1CCCC1. The van der Waals surface area contributed by atoms with Gasteiger partial charge in [-0.1, -0.05) is 12.8 Å². The first-order chi connectivity index (χ1) is 10.0. The first-order valence-corrected chi connectivity index (χ1v) is 8.56. The standard InChI is InChI=1S/C14H22N2O4S/c1-19-13-10-11(15)6-7-14(13)21(17,18)16-8-9-20-12-4-2-3-5-12/h6-7,10,12,16H,2-5,8-9,15H2,1H3. The molecule has 1 saturated carbocycles. The van der Waals surface area contributed by atoms with Crippen LogP contribution in [0.1, 0.15) is 25.7 Å². The molecule has 1 fully saturated rings. The second-order valence-corrected chi connectivity index (χ2v) is 6.82. The van der Waals surface area contributed by atoms with Gasteiger partial charge in [-0.05, 0) is 25.0 Å². The summed E-state index contributed by atoms with van der Waals surface area (Å²) >= 11 is 0. The van der Waals surface area contributed by atoms with Gasteiger partial charge >= 0.3 is 0 Å². The van der Waals surface area contributed by atoms with Crippen LogP contribution >= 0.6 is 0 Å². The highest BCUT2D eigenvalue weighted by molar-refractivity contribution is 7.89. The molecule has 0 atom stereocenters. The van der Waals surface area contributed by atoms with E-state index in [1.54, 1.807) is 0 Å². The van der Waals surface area contributed by atoms with E-state index >= 15 is 0 Å². The van der Waals surface area contributed by atoms with Crippen molar-refractivity contribution in [3.63, 3.8) is 0 Å². The van der Waals surface area contributed by atoms with E-state index in [1.165, 1.54) is 38.2 Å². The molecule has 0 heterocycles. The zero-order chi connectivity index (χ0) is 15.3. The Balaban J connectivity index is 1.91. The van der Waals surface area contributed by atoms with Gasteiger partial charge in [0.2, 0.25) is 10.0 Å². The number of sulfonamides is 1. The summed E-state index contributed by atoms with van der Waals surface area (Å²) in [6.45, 7) is 0.619. The first kappa shape index (κ1) is 16.1. The van der Waals surface area contributed by atoms with E-state index in [0.717, 1.165) is 12.8 Å². The number of rotatable bonds is 7. The Kier molecular flexibility index (Phi) is 5.44. The van der Waals surface area contributed by atoms with Crippen LogP contribution in [0.5, 0.6) is 5.75 Å². The van der Waals surface area contributed by atoms with Crippen molar-refractivity contribution < 1.29 is 17.9 Å². The molecule has 118 valence electrons. The lowest BCUT2D eigenvalue weighted by molar-refractivity contribution is 0.0626. The van der Waals surface area contributed by atoms with Crippen LogP contribution in [-0.4, -0.2) is 34.8 Å². The summed E-state index contributed by atoms with van der Waals surface area (Å²) in [7, 11) is -2.21. The lowest BCUT2D eigenvalue weighted by Crippen LogP contribution is -2.29. The number of nitrogen functional groups attached to an aromatic ring is 1. The molecule has 0 bridgehead atoms. The van der Waals surface area contributed by atoms with Crippen molar-refractivity contribution in [2.75, 3.05) is 26.0 Å². The number of nitrogens with two attached hydrogens (primary N) is 1. The average Bonchev–Trinajstić information content (AvgIpc) is 2.96. The van der Waals surface area contributed by atoms with E-state index in [1.807, 2.05) is 0 Å². The van der Waals surface area contributed by atoms with Gasteiger partial charge in [0.15, 0.2) is 0 Å². The number of hydrogen-bond acceptors (Lipinski definition) is 5. The van der Waals surface area contributed by atoms with E-state index in [9.17, 15) is 8.42 Å². The molecule has 21 heavy (non-hydrogen) atoms. The maximum atomic E-state index is 12.2. The third kappa shape index (κ3) is 4.33. The van der Waals surface area contributed by atoms with Crippen LogP contribution in [0, 0.1) is 0 Å². The number of nitrogens with one attached hydrogen (secondary N) is 1. The number of ether oxygens (including phenoxy) is 2. The van der Waals surface area contributed by atoms with Gasteiger partial charge in [-0.15, -0.1) is 0 Å². The lowest BCUT2D eigenvalue weighted by Gasteiger charge is -2.13. The molecule has 1 aromatic carbocycles. The van der Waals surface area contributed by atoms with E-state index in [-0.39, 0.29) is 23.3 Å². The number of anilines is 1. The average molecular weight is 314 g/mol. The molecule has 0 aromatic heterocycles. The maximum absolute atomic E-state index is 12.2. The summed E-state index contributed by atoms with van der Waals surface area (Å²) in [5, 5.41) is 0. The third-order valence-electron chi connectivity index (χ3n) is 3.53. The van der Waals surface area contributed by atoms with E-state index < -0.39 is 10.0 Å². The van der Waals surface area contributed by atoms with Crippen molar-refractivity contribution in [3.8, 4) is 5.75 Å². The highest BCUT2D eigenvalue weighted by atomic mass is 32.2. The lowest BCUT2D eigenvalue weighted by atomic mass is 10.3. The van der Waals surface area contributed by atoms with Crippen molar-refractivity contribution in [2.45, 2.75) is 36.7 Å². The normalized spacial score (nSPS) is 16.2. The van der Waals surface area contributed by atoms with Gasteiger partial charge in [-0.3, -0.25) is 0 Å². The fourth-order valence-electron chi connectivity index (χ4n) is 2.44. The Morgan fingerprint density at radius 3 is 2.71 bits per heavy atom. The second-order valence-electron chi connectivity index (χ2n) is 5.09. The molecule has 1 aromatic rings. The fourth-order valence-corrected chi connectivity index (χ4v) is 3.60. The topological polar surface area (TPSA) is 90.7 Å². The Labute approximate surface area is 125 Å². The van der Waals surface area contributed by atoms with Gasteiger partial charge in [0.25, 0.3) is 0 Å². The van der Waals surface area contributed by atoms with E-state index in [2.05, 4.69) is 4.72 Å². The van der Waals surface area contributed by atoms with Crippen LogP contribution in [0.3, 0.4) is 0 Å². The summed E-state index contributed by atoms with van der Waals surface area (Å²) in [4.78, 5) is 0.0834. The van der Waals surface area contributed by atoms with Crippen molar-refractivity contribution >= 4 is 15.7 Å². The Bertz CT molecular complexity index is 568. The molecule has 0 unspecified atom stereocenters. The second kappa shape index (κ2) is 7.11. The van der Waals surface area contributed by atoms with Crippen molar-refractivity contribution in [1.82, 2.24) is 4.72 Å². The van der Waals surface area contributed by atoms with E-state index in [4.69, 9.17) is 15.2 Å². The van der Waals surface area contributed by atoms with E-state index in [0.29, 0.717) is 12.3 Å². The first-order valence-electron chi connectivity index (χ1n) is 7.08. The molecule has 3 N–H and O–H groups in total. The molecular formula is C14H22N2O4S. The van der Waals surface area contributed by atoms with Crippen LogP contribution in [0.25, 0.3) is 0 Å². The van der Waals surface area contributed by atoms with Crippen molar-refractivity contribution in [3.05, 3.63) is 18.2 Å². The van der Waals surface area contributed by atoms with Crippen LogP contribution in [0.4, 0.5) is 5.69 Å². The van der Waals surface area contributed by atoms with Crippen molar-refractivity contribution in [2.24, 2.45) is 0 Å². The molecule has 6 nitrogen and oxygen atoms in total. The molecule has 0 aliphatic heterocycles. The van der Waals surface area contributed by atoms with Gasteiger partial charge in [0.05, 0.1) is 19.8 Å². The summed E-state index contributed by atoms with van der Waals surface area (Å²) in [5.41, 5.74) is 6.08. The highest BCUT2D eigenvalue weighted by Gasteiger charge is 2.20. The monoisotopic (exact) mass is 314 g/mol. The Hall–Kier alpha value is -1.31. The maximum Gasteiger partial charge on any atom is 0.244 e. The molecule has 0 radical (unpaired) electrons. The van der Waals surface area contributed by atoms with Crippen LogP contribution in [0.15, 0.2) is 23.1 Å². The van der Waals surface area contributed by atoms with Gasteiger partial charge in [0.1, 0.15) is 10.6 Å². The summed E-state index contributed by atoms with van der Waals surface area (Å²) in [6.07, 6.45) is 4.80. The zero-order valence-corrected chi connectivity index (χ0v) is 13.0. The van der Waals surface area contributed by atoms with Gasteiger partial charge in [-0.2, -0.15) is 0 Å². The predicted octanol–water partition coefficient (Wildman–Crippen LogP) is 1.51. The minimum atomic E-state index is -3.63. The Morgan fingerprint density at radius 1 is 1.33 bits per heavy atom. The molecule has 0 saturated heterocycles. The minimum Gasteiger partial charge on any atom is -0.495 e. The van der Waals surface area contributed by atoms with Gasteiger partial charge in [-0.25, -0.2) is 13.1 Å². The number of benzene rings is 1. The minimum absolute atomic E-state index is 0.0834. The van der Waals surface area contributed by atoms with Crippen LogP contribution in [0.2, 0.25) is 0 Å². The molecule has 1 aliphatic rings. The quantitative estimate of drug-likeness (QED) is 0.588. The smallest absolute Gasteiger partial charge is 0.244 e. The summed E-state index contributed by atoms with van der Waals surface area (Å²) in [5.74, 6) is 0.235. The summed E-state index contributed by atoms with van der Waals surface area (Å²) in [6, 6.07) is 4.46. The Morgan fingerprint density at radius 2 is 2.05 bits per heavy atom. The molecule has 1 aliphatic carbocycles. The number of methoxy groups -OCH3 is 1.